The van der Waals surface area contributed by atoms with Crippen molar-refractivity contribution in [3.63, 3.8) is 0 Å². The largest absolute Gasteiger partial charge is 0.480 e. The summed E-state index contributed by atoms with van der Waals surface area (Å²) in [6.45, 7) is 5.96. The molecule has 0 aliphatic heterocycles. The summed E-state index contributed by atoms with van der Waals surface area (Å²) in [5.41, 5.74) is 0.863. The first-order chi connectivity index (χ1) is 8.00. The van der Waals surface area contributed by atoms with E-state index in [1.54, 1.807) is 6.20 Å². The molecule has 1 aromatic heterocycles. The normalized spacial score (nSPS) is 14.6. The molecule has 4 nitrogen and oxygen atoms in total. The van der Waals surface area contributed by atoms with Crippen molar-refractivity contribution in [1.29, 1.82) is 0 Å². The van der Waals surface area contributed by atoms with Gasteiger partial charge < -0.3 is 5.11 Å². The minimum atomic E-state index is -0.804. The lowest BCUT2D eigenvalue weighted by Crippen LogP contribution is -2.39. The molecule has 17 heavy (non-hydrogen) atoms. The van der Waals surface area contributed by atoms with Gasteiger partial charge in [-0.05, 0) is 31.4 Å². The lowest BCUT2D eigenvalue weighted by molar-refractivity contribution is -0.140. The van der Waals surface area contributed by atoms with Crippen LogP contribution in [0.4, 0.5) is 0 Å². The van der Waals surface area contributed by atoms with Gasteiger partial charge in [0.25, 0.3) is 0 Å². The van der Waals surface area contributed by atoms with Crippen LogP contribution in [0.3, 0.4) is 0 Å². The second-order valence-corrected chi connectivity index (χ2v) is 4.66. The van der Waals surface area contributed by atoms with Crippen LogP contribution in [0.5, 0.6) is 0 Å². The Morgan fingerprint density at radius 1 is 1.41 bits per heavy atom. The van der Waals surface area contributed by atoms with Crippen LogP contribution in [-0.4, -0.2) is 22.1 Å². The average molecular weight is 236 g/mol. The van der Waals surface area contributed by atoms with Crippen molar-refractivity contribution in [3.05, 3.63) is 30.1 Å². The molecule has 1 aromatic rings. The fourth-order valence-corrected chi connectivity index (χ4v) is 1.73. The monoisotopic (exact) mass is 236 g/mol. The highest BCUT2D eigenvalue weighted by Gasteiger charge is 2.21. The Balaban J connectivity index is 2.64. The van der Waals surface area contributed by atoms with Crippen molar-refractivity contribution >= 4 is 5.97 Å². The SMILES string of the molecule is CC(C)CC(NC(C)c1ccccn1)C(=O)O. The van der Waals surface area contributed by atoms with E-state index in [2.05, 4.69) is 10.3 Å². The third kappa shape index (κ3) is 4.53. The summed E-state index contributed by atoms with van der Waals surface area (Å²) in [7, 11) is 0. The number of aliphatic carboxylic acids is 1. The molecule has 94 valence electrons. The van der Waals surface area contributed by atoms with Gasteiger partial charge in [0.2, 0.25) is 0 Å². The molecule has 2 N–H and O–H groups in total. The molecular weight excluding hydrogens is 216 g/mol. The van der Waals surface area contributed by atoms with Crippen LogP contribution >= 0.6 is 0 Å². The predicted molar refractivity (Wildman–Crippen MR) is 66.7 cm³/mol. The highest BCUT2D eigenvalue weighted by Crippen LogP contribution is 2.12. The molecule has 2 unspecified atom stereocenters. The smallest absolute Gasteiger partial charge is 0.320 e. The second kappa shape index (κ2) is 6.35. The Bertz CT molecular complexity index is 352. The number of carboxylic acid groups (broad SMARTS) is 1. The van der Waals surface area contributed by atoms with E-state index < -0.39 is 12.0 Å². The van der Waals surface area contributed by atoms with Gasteiger partial charge in [-0.2, -0.15) is 0 Å². The van der Waals surface area contributed by atoms with Crippen LogP contribution in [0.1, 0.15) is 38.9 Å². The van der Waals surface area contributed by atoms with Crippen LogP contribution in [0.2, 0.25) is 0 Å². The van der Waals surface area contributed by atoms with Gasteiger partial charge in [-0.3, -0.25) is 15.1 Å². The minimum absolute atomic E-state index is 0.0592. The standard InChI is InChI=1S/C13H20N2O2/c1-9(2)8-12(13(16)17)15-10(3)11-6-4-5-7-14-11/h4-7,9-10,12,15H,8H2,1-3H3,(H,16,17). The summed E-state index contributed by atoms with van der Waals surface area (Å²) >= 11 is 0. The molecule has 0 fully saturated rings. The van der Waals surface area contributed by atoms with Gasteiger partial charge in [0.15, 0.2) is 0 Å². The minimum Gasteiger partial charge on any atom is -0.480 e. The first kappa shape index (κ1) is 13.6. The van der Waals surface area contributed by atoms with Gasteiger partial charge in [-0.1, -0.05) is 19.9 Å². The summed E-state index contributed by atoms with van der Waals surface area (Å²) in [6.07, 6.45) is 2.33. The van der Waals surface area contributed by atoms with Crippen molar-refractivity contribution in [2.45, 2.75) is 39.3 Å². The molecule has 1 rings (SSSR count). The first-order valence-electron chi connectivity index (χ1n) is 5.90. The molecule has 0 amide bonds. The number of pyridine rings is 1. The van der Waals surface area contributed by atoms with E-state index in [0.717, 1.165) is 5.69 Å². The van der Waals surface area contributed by atoms with Crippen molar-refractivity contribution in [1.82, 2.24) is 10.3 Å². The van der Waals surface area contributed by atoms with E-state index in [9.17, 15) is 4.79 Å². The number of nitrogens with zero attached hydrogens (tertiary/aromatic N) is 1. The number of hydrogen-bond donors (Lipinski definition) is 2. The molecule has 0 bridgehead atoms. The lowest BCUT2D eigenvalue weighted by Gasteiger charge is -2.21. The van der Waals surface area contributed by atoms with Crippen LogP contribution < -0.4 is 5.32 Å². The van der Waals surface area contributed by atoms with Crippen molar-refractivity contribution in [2.75, 3.05) is 0 Å². The number of carboxylic acids is 1. The second-order valence-electron chi connectivity index (χ2n) is 4.66. The third-order valence-electron chi connectivity index (χ3n) is 2.59. The maximum Gasteiger partial charge on any atom is 0.320 e. The van der Waals surface area contributed by atoms with E-state index in [1.807, 2.05) is 39.0 Å². The summed E-state index contributed by atoms with van der Waals surface area (Å²) in [4.78, 5) is 15.3. The molecule has 1 heterocycles. The quantitative estimate of drug-likeness (QED) is 0.795. The zero-order valence-electron chi connectivity index (χ0n) is 10.6. The molecule has 0 aliphatic rings. The number of rotatable bonds is 6. The number of nitrogens with one attached hydrogen (secondary N) is 1. The molecule has 0 saturated carbocycles. The maximum absolute atomic E-state index is 11.1. The fraction of sp³-hybridized carbons (Fsp3) is 0.538. The first-order valence-corrected chi connectivity index (χ1v) is 5.90. The van der Waals surface area contributed by atoms with Gasteiger partial charge in [0.05, 0.1) is 5.69 Å². The highest BCUT2D eigenvalue weighted by atomic mass is 16.4. The van der Waals surface area contributed by atoms with E-state index in [-0.39, 0.29) is 6.04 Å². The molecule has 4 heteroatoms. The zero-order chi connectivity index (χ0) is 12.8. The highest BCUT2D eigenvalue weighted by molar-refractivity contribution is 5.73. The number of aromatic nitrogens is 1. The van der Waals surface area contributed by atoms with Gasteiger partial charge in [-0.25, -0.2) is 0 Å². The van der Waals surface area contributed by atoms with Crippen molar-refractivity contribution in [3.8, 4) is 0 Å². The molecule has 0 aromatic carbocycles. The van der Waals surface area contributed by atoms with Gasteiger partial charge in [0, 0.05) is 12.2 Å². The number of hydrogen-bond acceptors (Lipinski definition) is 3. The molecule has 0 spiro atoms. The fourth-order valence-electron chi connectivity index (χ4n) is 1.73. The Morgan fingerprint density at radius 3 is 2.59 bits per heavy atom. The molecule has 2 atom stereocenters. The Labute approximate surface area is 102 Å². The van der Waals surface area contributed by atoms with Crippen LogP contribution in [0.15, 0.2) is 24.4 Å². The van der Waals surface area contributed by atoms with E-state index >= 15 is 0 Å². The van der Waals surface area contributed by atoms with E-state index in [4.69, 9.17) is 5.11 Å². The van der Waals surface area contributed by atoms with Crippen molar-refractivity contribution in [2.24, 2.45) is 5.92 Å². The number of carbonyl (C=O) groups is 1. The summed E-state index contributed by atoms with van der Waals surface area (Å²) in [5.74, 6) is -0.457. The van der Waals surface area contributed by atoms with Crippen molar-refractivity contribution < 1.29 is 9.90 Å². The Kier molecular flexibility index (Phi) is 5.10. The predicted octanol–water partition coefficient (Wildman–Crippen LogP) is 2.23. The van der Waals surface area contributed by atoms with E-state index in [0.29, 0.717) is 12.3 Å². The summed E-state index contributed by atoms with van der Waals surface area (Å²) in [5, 5.41) is 12.2. The average Bonchev–Trinajstić information content (AvgIpc) is 2.28. The van der Waals surface area contributed by atoms with Crippen LogP contribution in [0, 0.1) is 5.92 Å². The van der Waals surface area contributed by atoms with Crippen LogP contribution in [-0.2, 0) is 4.79 Å². The molecule has 0 saturated heterocycles. The lowest BCUT2D eigenvalue weighted by atomic mass is 10.0. The molecule has 0 aliphatic carbocycles. The zero-order valence-corrected chi connectivity index (χ0v) is 10.6. The van der Waals surface area contributed by atoms with Gasteiger partial charge in [0.1, 0.15) is 6.04 Å². The van der Waals surface area contributed by atoms with Gasteiger partial charge in [-0.15, -0.1) is 0 Å². The Hall–Kier alpha value is -1.42. The van der Waals surface area contributed by atoms with Crippen LogP contribution in [0.25, 0.3) is 0 Å². The summed E-state index contributed by atoms with van der Waals surface area (Å²) < 4.78 is 0. The topological polar surface area (TPSA) is 62.2 Å². The molecule has 0 radical (unpaired) electrons. The van der Waals surface area contributed by atoms with Gasteiger partial charge >= 0.3 is 5.97 Å². The maximum atomic E-state index is 11.1. The summed E-state index contributed by atoms with van der Waals surface area (Å²) in [6, 6.07) is 5.06. The molecular formula is C13H20N2O2. The third-order valence-corrected chi connectivity index (χ3v) is 2.59. The Morgan fingerprint density at radius 2 is 2.12 bits per heavy atom. The van der Waals surface area contributed by atoms with E-state index in [1.165, 1.54) is 0 Å².